The van der Waals surface area contributed by atoms with Gasteiger partial charge in [0.05, 0.1) is 24.4 Å². The zero-order valence-corrected chi connectivity index (χ0v) is 17.0. The highest BCUT2D eigenvalue weighted by Crippen LogP contribution is 2.29. The standard InChI is InChI=1S/C23H23FN4O3/c1-23(13-29,14-30)25-12-16-11-19-20(15-6-5-7-17(24)10-15)27-28(21(19)26-22(16)31)18-8-3-2-4-9-18/h2-11,25,29-30H,12-14H2,1H3,(H,26,31). The van der Waals surface area contributed by atoms with Crippen LogP contribution in [-0.2, 0) is 6.54 Å². The van der Waals surface area contributed by atoms with Gasteiger partial charge in [0, 0.05) is 23.1 Å². The van der Waals surface area contributed by atoms with E-state index in [9.17, 15) is 19.4 Å². The summed E-state index contributed by atoms with van der Waals surface area (Å²) in [6.45, 7) is 1.21. The van der Waals surface area contributed by atoms with Crippen molar-refractivity contribution in [3.8, 4) is 16.9 Å². The van der Waals surface area contributed by atoms with Crippen LogP contribution in [0.25, 0.3) is 28.0 Å². The molecular weight excluding hydrogens is 399 g/mol. The molecule has 2 aromatic carbocycles. The number of H-pyrrole nitrogens is 1. The zero-order chi connectivity index (χ0) is 22.0. The van der Waals surface area contributed by atoms with Crippen LogP contribution < -0.4 is 10.9 Å². The third-order valence-electron chi connectivity index (χ3n) is 5.27. The third-order valence-corrected chi connectivity index (χ3v) is 5.27. The van der Waals surface area contributed by atoms with Crippen LogP contribution in [0.2, 0.25) is 0 Å². The minimum atomic E-state index is -0.930. The second kappa shape index (κ2) is 8.43. The van der Waals surface area contributed by atoms with E-state index in [0.717, 1.165) is 5.69 Å². The number of nitrogens with one attached hydrogen (secondary N) is 2. The Kier molecular flexibility index (Phi) is 5.69. The summed E-state index contributed by atoms with van der Waals surface area (Å²) in [6, 6.07) is 17.2. The molecule has 4 aromatic rings. The number of rotatable bonds is 7. The van der Waals surface area contributed by atoms with E-state index in [0.29, 0.717) is 27.9 Å². The summed E-state index contributed by atoms with van der Waals surface area (Å²) in [5, 5.41) is 27.3. The molecule has 8 heteroatoms. The summed E-state index contributed by atoms with van der Waals surface area (Å²) in [5.41, 5.74) is 1.52. The Balaban J connectivity index is 1.88. The van der Waals surface area contributed by atoms with Crippen LogP contribution in [0.1, 0.15) is 12.5 Å². The highest BCUT2D eigenvalue weighted by Gasteiger charge is 2.23. The monoisotopic (exact) mass is 422 g/mol. The van der Waals surface area contributed by atoms with E-state index in [1.807, 2.05) is 30.3 Å². The number of aliphatic hydroxyl groups is 2. The highest BCUT2D eigenvalue weighted by atomic mass is 19.1. The lowest BCUT2D eigenvalue weighted by atomic mass is 10.0. The smallest absolute Gasteiger partial charge is 0.254 e. The average molecular weight is 422 g/mol. The maximum absolute atomic E-state index is 13.9. The van der Waals surface area contributed by atoms with Crippen LogP contribution >= 0.6 is 0 Å². The third kappa shape index (κ3) is 4.13. The number of pyridine rings is 1. The fraction of sp³-hybridized carbons (Fsp3) is 0.217. The van der Waals surface area contributed by atoms with Gasteiger partial charge in [-0.2, -0.15) is 5.10 Å². The number of nitrogens with zero attached hydrogens (tertiary/aromatic N) is 2. The zero-order valence-electron chi connectivity index (χ0n) is 17.0. The summed E-state index contributed by atoms with van der Waals surface area (Å²) in [7, 11) is 0. The van der Waals surface area contributed by atoms with Crippen LogP contribution in [0.15, 0.2) is 65.5 Å². The molecule has 160 valence electrons. The molecular formula is C23H23FN4O3. The molecule has 2 aromatic heterocycles. The lowest BCUT2D eigenvalue weighted by Crippen LogP contribution is -2.49. The molecule has 0 bridgehead atoms. The minimum absolute atomic E-state index is 0.127. The Bertz CT molecular complexity index is 1260. The van der Waals surface area contributed by atoms with Gasteiger partial charge in [0.15, 0.2) is 0 Å². The van der Waals surface area contributed by atoms with E-state index < -0.39 is 5.54 Å². The highest BCUT2D eigenvalue weighted by molar-refractivity contribution is 5.92. The maximum atomic E-state index is 13.9. The minimum Gasteiger partial charge on any atom is -0.394 e. The van der Waals surface area contributed by atoms with Gasteiger partial charge in [0.1, 0.15) is 17.2 Å². The SMILES string of the molecule is CC(CO)(CO)NCc1cc2c(-c3cccc(F)c3)nn(-c3ccccc3)c2[nH]c1=O. The molecule has 4 N–H and O–H groups in total. The van der Waals surface area contributed by atoms with Crippen LogP contribution in [0.4, 0.5) is 4.39 Å². The summed E-state index contributed by atoms with van der Waals surface area (Å²) < 4.78 is 15.5. The molecule has 0 saturated heterocycles. The van der Waals surface area contributed by atoms with E-state index in [1.165, 1.54) is 12.1 Å². The first kappa shape index (κ1) is 20.9. The molecule has 0 aliphatic rings. The quantitative estimate of drug-likeness (QED) is 0.366. The lowest BCUT2D eigenvalue weighted by Gasteiger charge is -2.26. The van der Waals surface area contributed by atoms with Gasteiger partial charge in [0.2, 0.25) is 0 Å². The molecule has 7 nitrogen and oxygen atoms in total. The van der Waals surface area contributed by atoms with Gasteiger partial charge in [0.25, 0.3) is 5.56 Å². The first-order valence-electron chi connectivity index (χ1n) is 9.87. The average Bonchev–Trinajstić information content (AvgIpc) is 3.16. The van der Waals surface area contributed by atoms with Crippen molar-refractivity contribution >= 4 is 11.0 Å². The molecule has 0 fully saturated rings. The van der Waals surface area contributed by atoms with Crippen molar-refractivity contribution in [3.63, 3.8) is 0 Å². The Hall–Kier alpha value is -3.33. The Morgan fingerprint density at radius 2 is 1.84 bits per heavy atom. The van der Waals surface area contributed by atoms with Crippen LogP contribution in [-0.4, -0.2) is 43.7 Å². The van der Waals surface area contributed by atoms with Gasteiger partial charge in [-0.3, -0.25) is 4.79 Å². The number of hydrogen-bond acceptors (Lipinski definition) is 5. The van der Waals surface area contributed by atoms with Crippen molar-refractivity contribution in [1.82, 2.24) is 20.1 Å². The normalized spacial score (nSPS) is 11.9. The molecule has 0 aliphatic carbocycles. The van der Waals surface area contributed by atoms with Crippen molar-refractivity contribution in [2.75, 3.05) is 13.2 Å². The van der Waals surface area contributed by atoms with E-state index in [-0.39, 0.29) is 31.1 Å². The Labute approximate surface area is 177 Å². The molecule has 0 amide bonds. The predicted molar refractivity (Wildman–Crippen MR) is 117 cm³/mol. The molecule has 0 radical (unpaired) electrons. The first-order valence-corrected chi connectivity index (χ1v) is 9.87. The van der Waals surface area contributed by atoms with Gasteiger partial charge < -0.3 is 20.5 Å². The van der Waals surface area contributed by atoms with Gasteiger partial charge in [-0.05, 0) is 37.3 Å². The van der Waals surface area contributed by atoms with Crippen molar-refractivity contribution in [1.29, 1.82) is 0 Å². The van der Waals surface area contributed by atoms with Crippen molar-refractivity contribution in [2.45, 2.75) is 19.0 Å². The number of aromatic nitrogens is 3. The molecule has 0 unspecified atom stereocenters. The molecule has 31 heavy (non-hydrogen) atoms. The van der Waals surface area contributed by atoms with Gasteiger partial charge in [-0.15, -0.1) is 0 Å². The van der Waals surface area contributed by atoms with E-state index >= 15 is 0 Å². The molecule has 4 rings (SSSR count). The number of para-hydroxylation sites is 1. The fourth-order valence-electron chi connectivity index (χ4n) is 3.32. The van der Waals surface area contributed by atoms with E-state index in [2.05, 4.69) is 15.4 Å². The van der Waals surface area contributed by atoms with Gasteiger partial charge >= 0.3 is 0 Å². The maximum Gasteiger partial charge on any atom is 0.254 e. The van der Waals surface area contributed by atoms with Crippen LogP contribution in [0.3, 0.4) is 0 Å². The lowest BCUT2D eigenvalue weighted by molar-refractivity contribution is 0.103. The second-order valence-corrected chi connectivity index (χ2v) is 7.72. The van der Waals surface area contributed by atoms with Crippen molar-refractivity contribution < 1.29 is 14.6 Å². The number of benzene rings is 2. The van der Waals surface area contributed by atoms with Crippen molar-refractivity contribution in [3.05, 3.63) is 82.4 Å². The first-order chi connectivity index (χ1) is 14.9. The number of halogens is 1. The number of fused-ring (bicyclic) bond motifs is 1. The Morgan fingerprint density at radius 3 is 2.52 bits per heavy atom. The second-order valence-electron chi connectivity index (χ2n) is 7.72. The predicted octanol–water partition coefficient (Wildman–Crippen LogP) is 2.35. The summed E-state index contributed by atoms with van der Waals surface area (Å²) in [5.74, 6) is -0.382. The van der Waals surface area contributed by atoms with Crippen LogP contribution in [0.5, 0.6) is 0 Å². The largest absolute Gasteiger partial charge is 0.394 e. The van der Waals surface area contributed by atoms with Gasteiger partial charge in [-0.1, -0.05) is 30.3 Å². The van der Waals surface area contributed by atoms with Crippen LogP contribution in [0, 0.1) is 5.82 Å². The molecule has 0 aliphatic heterocycles. The topological polar surface area (TPSA) is 103 Å². The Morgan fingerprint density at radius 1 is 1.10 bits per heavy atom. The van der Waals surface area contributed by atoms with Crippen molar-refractivity contribution in [2.24, 2.45) is 0 Å². The van der Waals surface area contributed by atoms with Gasteiger partial charge in [-0.25, -0.2) is 9.07 Å². The molecule has 0 atom stereocenters. The molecule has 0 saturated carbocycles. The number of aromatic amines is 1. The number of hydrogen-bond donors (Lipinski definition) is 4. The van der Waals surface area contributed by atoms with E-state index in [1.54, 1.807) is 29.8 Å². The summed E-state index contributed by atoms with van der Waals surface area (Å²) in [6.07, 6.45) is 0. The number of aliphatic hydroxyl groups excluding tert-OH is 2. The van der Waals surface area contributed by atoms with E-state index in [4.69, 9.17) is 0 Å². The fourth-order valence-corrected chi connectivity index (χ4v) is 3.32. The molecule has 2 heterocycles. The molecule has 0 spiro atoms. The summed E-state index contributed by atoms with van der Waals surface area (Å²) >= 11 is 0. The summed E-state index contributed by atoms with van der Waals surface area (Å²) in [4.78, 5) is 15.7.